The summed E-state index contributed by atoms with van der Waals surface area (Å²) in [6.07, 6.45) is 6.18. The summed E-state index contributed by atoms with van der Waals surface area (Å²) >= 11 is 0. The second-order valence-corrected chi connectivity index (χ2v) is 9.31. The van der Waals surface area contributed by atoms with Gasteiger partial charge in [0.15, 0.2) is 0 Å². The van der Waals surface area contributed by atoms with Crippen LogP contribution in [0.5, 0.6) is 0 Å². The molecular weight excluding hydrogens is 378 g/mol. The lowest BCUT2D eigenvalue weighted by Crippen LogP contribution is -2.64. The average molecular weight is 412 g/mol. The third-order valence-corrected chi connectivity index (χ3v) is 7.41. The summed E-state index contributed by atoms with van der Waals surface area (Å²) in [6.45, 7) is 9.43. The number of rotatable bonds is 1. The van der Waals surface area contributed by atoms with Crippen LogP contribution in [0.2, 0.25) is 0 Å². The summed E-state index contributed by atoms with van der Waals surface area (Å²) in [6, 6.07) is 3.89. The third-order valence-electron chi connectivity index (χ3n) is 7.41. The predicted octanol–water partition coefficient (Wildman–Crippen LogP) is 4.13. The van der Waals surface area contributed by atoms with Gasteiger partial charge >= 0.3 is 17.8 Å². The van der Waals surface area contributed by atoms with E-state index in [2.05, 4.69) is 32.9 Å². The fourth-order valence-corrected chi connectivity index (χ4v) is 5.95. The van der Waals surface area contributed by atoms with Crippen LogP contribution in [0, 0.1) is 13.8 Å². The zero-order chi connectivity index (χ0) is 21.6. The Labute approximate surface area is 179 Å². The van der Waals surface area contributed by atoms with Crippen molar-refractivity contribution in [3.05, 3.63) is 28.8 Å². The van der Waals surface area contributed by atoms with E-state index in [1.165, 1.54) is 27.3 Å². The monoisotopic (exact) mass is 411 g/mol. The van der Waals surface area contributed by atoms with Gasteiger partial charge in [0.25, 0.3) is 0 Å². The van der Waals surface area contributed by atoms with Crippen LogP contribution < -0.4 is 4.90 Å². The van der Waals surface area contributed by atoms with Gasteiger partial charge in [0.1, 0.15) is 0 Å². The molecule has 1 aromatic rings. The van der Waals surface area contributed by atoms with Crippen molar-refractivity contribution in [2.75, 3.05) is 24.5 Å². The minimum absolute atomic E-state index is 0.263. The number of carbonyl (C=O) groups is 3. The van der Waals surface area contributed by atoms with Crippen LogP contribution in [-0.2, 0) is 9.59 Å². The average Bonchev–Trinajstić information content (AvgIpc) is 2.72. The van der Waals surface area contributed by atoms with Crippen LogP contribution in [0.3, 0.4) is 0 Å². The number of piperazine rings is 1. The lowest BCUT2D eigenvalue weighted by Gasteiger charge is -2.53. The molecule has 1 saturated carbocycles. The summed E-state index contributed by atoms with van der Waals surface area (Å²) in [5.41, 5.74) is 4.16. The van der Waals surface area contributed by atoms with Crippen LogP contribution >= 0.6 is 0 Å². The normalized spacial score (nSPS) is 23.7. The molecule has 1 saturated heterocycles. The number of anilines is 1. The minimum Gasteiger partial charge on any atom is -0.333 e. The van der Waals surface area contributed by atoms with E-state index in [-0.39, 0.29) is 18.1 Å². The number of imide groups is 1. The Balaban J connectivity index is 1.82. The molecule has 0 radical (unpaired) electrons. The van der Waals surface area contributed by atoms with Crippen LogP contribution in [0.1, 0.15) is 75.0 Å². The Morgan fingerprint density at radius 3 is 2.37 bits per heavy atom. The Kier molecular flexibility index (Phi) is 5.37. The first-order valence-electron chi connectivity index (χ1n) is 11.4. The largest absolute Gasteiger partial charge is 0.333 e. The van der Waals surface area contributed by atoms with Crippen molar-refractivity contribution in [2.24, 2.45) is 0 Å². The molecule has 1 spiro atoms. The number of urea groups is 1. The molecule has 30 heavy (non-hydrogen) atoms. The quantitative estimate of drug-likeness (QED) is 0.653. The summed E-state index contributed by atoms with van der Waals surface area (Å²) in [7, 11) is 0. The van der Waals surface area contributed by atoms with E-state index in [1.807, 2.05) is 11.8 Å². The van der Waals surface area contributed by atoms with Crippen LogP contribution in [0.4, 0.5) is 10.5 Å². The molecule has 4 rings (SSSR count). The van der Waals surface area contributed by atoms with Gasteiger partial charge < -0.3 is 4.90 Å². The van der Waals surface area contributed by atoms with Gasteiger partial charge in [0.2, 0.25) is 0 Å². The molecule has 1 atom stereocenters. The van der Waals surface area contributed by atoms with Gasteiger partial charge in [-0.05, 0) is 62.6 Å². The summed E-state index contributed by atoms with van der Waals surface area (Å²) in [4.78, 5) is 44.0. The van der Waals surface area contributed by atoms with Crippen LogP contribution in [0.25, 0.3) is 0 Å². The second kappa shape index (κ2) is 7.71. The number of hydrogen-bond acceptors (Lipinski definition) is 3. The van der Waals surface area contributed by atoms with Crippen molar-refractivity contribution in [1.29, 1.82) is 0 Å². The van der Waals surface area contributed by atoms with Gasteiger partial charge in [-0.2, -0.15) is 0 Å². The molecule has 2 heterocycles. The highest BCUT2D eigenvalue weighted by Gasteiger charge is 2.50. The fraction of sp³-hybridized carbons (Fsp3) is 0.625. The first kappa shape index (κ1) is 20.9. The number of carbonyl (C=O) groups excluding carboxylic acids is 3. The SMILES string of the molecule is CCN1CCN(C(=O)N2c3c(C)ccc(C)c3C(C)CC23CCCCC3)C(=O)C1=O. The number of nitrogens with zero attached hydrogens (tertiary/aromatic N) is 3. The fourth-order valence-electron chi connectivity index (χ4n) is 5.95. The van der Waals surface area contributed by atoms with Crippen molar-refractivity contribution >= 4 is 23.5 Å². The maximum Gasteiger partial charge on any atom is 0.332 e. The summed E-state index contributed by atoms with van der Waals surface area (Å²) in [5.74, 6) is -0.901. The van der Waals surface area contributed by atoms with Crippen molar-refractivity contribution in [2.45, 2.75) is 77.7 Å². The van der Waals surface area contributed by atoms with Crippen molar-refractivity contribution in [1.82, 2.24) is 9.80 Å². The second-order valence-electron chi connectivity index (χ2n) is 9.31. The molecule has 3 aliphatic rings. The van der Waals surface area contributed by atoms with Gasteiger partial charge in [-0.15, -0.1) is 0 Å². The van der Waals surface area contributed by atoms with Crippen LogP contribution in [-0.4, -0.2) is 52.8 Å². The molecule has 2 fully saturated rings. The molecule has 6 heteroatoms. The lowest BCUT2D eigenvalue weighted by atomic mass is 9.69. The molecule has 1 unspecified atom stereocenters. The predicted molar refractivity (Wildman–Crippen MR) is 117 cm³/mol. The topological polar surface area (TPSA) is 60.9 Å². The number of fused-ring (bicyclic) bond motifs is 1. The molecule has 6 nitrogen and oxygen atoms in total. The molecule has 1 aromatic carbocycles. The Morgan fingerprint density at radius 2 is 1.70 bits per heavy atom. The number of hydrogen-bond donors (Lipinski definition) is 0. The highest BCUT2D eigenvalue weighted by atomic mass is 16.2. The van der Waals surface area contributed by atoms with E-state index in [0.717, 1.165) is 43.4 Å². The van der Waals surface area contributed by atoms with E-state index in [9.17, 15) is 14.4 Å². The van der Waals surface area contributed by atoms with Crippen molar-refractivity contribution in [3.8, 4) is 0 Å². The highest BCUT2D eigenvalue weighted by Crippen LogP contribution is 2.52. The minimum atomic E-state index is -0.690. The molecule has 0 aromatic heterocycles. The van der Waals surface area contributed by atoms with Crippen LogP contribution in [0.15, 0.2) is 12.1 Å². The molecule has 0 N–H and O–H groups in total. The van der Waals surface area contributed by atoms with Crippen molar-refractivity contribution < 1.29 is 14.4 Å². The number of likely N-dealkylation sites (N-methyl/N-ethyl adjacent to an activating group) is 1. The van der Waals surface area contributed by atoms with Gasteiger partial charge in [0, 0.05) is 19.6 Å². The highest BCUT2D eigenvalue weighted by molar-refractivity contribution is 6.38. The molecule has 162 valence electrons. The lowest BCUT2D eigenvalue weighted by molar-refractivity contribution is -0.153. The molecule has 4 amide bonds. The van der Waals surface area contributed by atoms with Gasteiger partial charge in [0.05, 0.1) is 11.2 Å². The van der Waals surface area contributed by atoms with E-state index in [4.69, 9.17) is 0 Å². The summed E-state index contributed by atoms with van der Waals surface area (Å²) in [5, 5.41) is 0. The maximum absolute atomic E-state index is 14.0. The Morgan fingerprint density at radius 1 is 1.03 bits per heavy atom. The molecular formula is C24H33N3O3. The molecule has 2 aliphatic heterocycles. The number of benzene rings is 1. The zero-order valence-corrected chi connectivity index (χ0v) is 18.7. The first-order valence-corrected chi connectivity index (χ1v) is 11.4. The van der Waals surface area contributed by atoms with Gasteiger partial charge in [-0.3, -0.25) is 19.4 Å². The van der Waals surface area contributed by atoms with E-state index >= 15 is 0 Å². The first-order chi connectivity index (χ1) is 14.3. The number of aryl methyl sites for hydroxylation is 2. The number of amides is 4. The van der Waals surface area contributed by atoms with E-state index < -0.39 is 11.8 Å². The van der Waals surface area contributed by atoms with Gasteiger partial charge in [-0.25, -0.2) is 4.79 Å². The van der Waals surface area contributed by atoms with E-state index in [0.29, 0.717) is 19.0 Å². The molecule has 0 bridgehead atoms. The third kappa shape index (κ3) is 3.12. The zero-order valence-electron chi connectivity index (χ0n) is 18.7. The Hall–Kier alpha value is -2.37. The van der Waals surface area contributed by atoms with E-state index in [1.54, 1.807) is 0 Å². The van der Waals surface area contributed by atoms with Crippen molar-refractivity contribution in [3.63, 3.8) is 0 Å². The Bertz CT molecular complexity index is 888. The maximum atomic E-state index is 14.0. The molecule has 1 aliphatic carbocycles. The summed E-state index contributed by atoms with van der Waals surface area (Å²) < 4.78 is 0. The van der Waals surface area contributed by atoms with Gasteiger partial charge in [-0.1, -0.05) is 38.3 Å². The smallest absolute Gasteiger partial charge is 0.332 e. The standard InChI is InChI=1S/C24H33N3O3/c1-5-25-13-14-26(22(29)21(25)28)23(30)27-20-17(3)10-9-16(2)19(20)18(4)15-24(27)11-7-6-8-12-24/h9-10,18H,5-8,11-15H2,1-4H3.